The lowest BCUT2D eigenvalue weighted by molar-refractivity contribution is 0.928. The molecule has 2 aromatic rings. The molecule has 2 N–H and O–H groups in total. The largest absolute Gasteiger partial charge is 0.396 e. The number of nitrogens with two attached hydrogens (primary N) is 1. The summed E-state index contributed by atoms with van der Waals surface area (Å²) in [5.41, 5.74) is 6.36. The molecule has 0 spiro atoms. The molecular formula is C5H4ClN5. The van der Waals surface area contributed by atoms with Crippen molar-refractivity contribution in [2.45, 2.75) is 0 Å². The third kappa shape index (κ3) is 0.813. The normalized spacial score (nSPS) is 10.6. The average molecular weight is 170 g/mol. The molecule has 0 aliphatic rings. The smallest absolute Gasteiger partial charge is 0.198 e. The molecule has 0 saturated carbocycles. The summed E-state index contributed by atoms with van der Waals surface area (Å²) in [4.78, 5) is 0. The van der Waals surface area contributed by atoms with Gasteiger partial charge in [0.1, 0.15) is 11.3 Å². The first-order chi connectivity index (χ1) is 5.29. The third-order valence-electron chi connectivity index (χ3n) is 1.30. The van der Waals surface area contributed by atoms with Gasteiger partial charge in [0.05, 0.1) is 11.9 Å². The summed E-state index contributed by atoms with van der Waals surface area (Å²) in [5, 5.41) is 11.6. The highest BCUT2D eigenvalue weighted by Crippen LogP contribution is 2.19. The maximum absolute atomic E-state index is 5.78. The fourth-order valence-electron chi connectivity index (χ4n) is 0.769. The molecule has 0 bridgehead atoms. The van der Waals surface area contributed by atoms with Crippen molar-refractivity contribution in [2.24, 2.45) is 0 Å². The highest BCUT2D eigenvalue weighted by molar-refractivity contribution is 6.35. The molecule has 0 aromatic carbocycles. The van der Waals surface area contributed by atoms with Crippen LogP contribution in [0.4, 0.5) is 5.69 Å². The van der Waals surface area contributed by atoms with Crippen molar-refractivity contribution >= 4 is 22.9 Å². The molecule has 6 heteroatoms. The standard InChI is InChI=1S/C5H4ClN5/c6-4-3(7)1-9-11-2-8-10-5(4)11/h1-2H,7H2. The SMILES string of the molecule is Nc1cnn2cnnc2c1Cl. The van der Waals surface area contributed by atoms with E-state index in [1.165, 1.54) is 17.0 Å². The third-order valence-corrected chi connectivity index (χ3v) is 1.69. The van der Waals surface area contributed by atoms with E-state index in [1.807, 2.05) is 0 Å². The van der Waals surface area contributed by atoms with Gasteiger partial charge in [-0.15, -0.1) is 10.2 Å². The van der Waals surface area contributed by atoms with Crippen LogP contribution in [0, 0.1) is 0 Å². The van der Waals surface area contributed by atoms with Crippen molar-refractivity contribution in [2.75, 3.05) is 5.73 Å². The Kier molecular flexibility index (Phi) is 1.19. The number of rotatable bonds is 0. The molecule has 0 unspecified atom stereocenters. The second-order valence-electron chi connectivity index (χ2n) is 2.01. The molecule has 0 amide bonds. The van der Waals surface area contributed by atoms with Crippen LogP contribution in [0.1, 0.15) is 0 Å². The Morgan fingerprint density at radius 1 is 1.55 bits per heavy atom. The lowest BCUT2D eigenvalue weighted by Crippen LogP contribution is -1.95. The minimum atomic E-state index is 0.387. The lowest BCUT2D eigenvalue weighted by Gasteiger charge is -1.95. The number of hydrogen-bond donors (Lipinski definition) is 1. The van der Waals surface area contributed by atoms with Gasteiger partial charge in [0.2, 0.25) is 0 Å². The van der Waals surface area contributed by atoms with Gasteiger partial charge >= 0.3 is 0 Å². The zero-order valence-electron chi connectivity index (χ0n) is 5.40. The van der Waals surface area contributed by atoms with E-state index in [1.54, 1.807) is 0 Å². The summed E-state index contributed by atoms with van der Waals surface area (Å²) in [6.07, 6.45) is 2.92. The molecule has 11 heavy (non-hydrogen) atoms. The monoisotopic (exact) mass is 169 g/mol. The Hall–Kier alpha value is -1.36. The molecule has 2 aromatic heterocycles. The second kappa shape index (κ2) is 2.06. The number of fused-ring (bicyclic) bond motifs is 1. The molecular weight excluding hydrogens is 166 g/mol. The van der Waals surface area contributed by atoms with Crippen LogP contribution in [0.15, 0.2) is 12.5 Å². The van der Waals surface area contributed by atoms with E-state index in [-0.39, 0.29) is 0 Å². The van der Waals surface area contributed by atoms with Gasteiger partial charge in [0, 0.05) is 0 Å². The highest BCUT2D eigenvalue weighted by atomic mass is 35.5. The van der Waals surface area contributed by atoms with Crippen molar-refractivity contribution in [1.82, 2.24) is 19.8 Å². The van der Waals surface area contributed by atoms with Crippen molar-refractivity contribution in [3.63, 3.8) is 0 Å². The quantitative estimate of drug-likeness (QED) is 0.618. The fourth-order valence-corrected chi connectivity index (χ4v) is 0.942. The predicted molar refractivity (Wildman–Crippen MR) is 40.2 cm³/mol. The van der Waals surface area contributed by atoms with E-state index in [9.17, 15) is 0 Å². The first kappa shape index (κ1) is 6.36. The number of nitrogen functional groups attached to an aromatic ring is 1. The second-order valence-corrected chi connectivity index (χ2v) is 2.39. The molecule has 0 aliphatic carbocycles. The summed E-state index contributed by atoms with van der Waals surface area (Å²) >= 11 is 5.78. The van der Waals surface area contributed by atoms with Gasteiger partial charge in [-0.3, -0.25) is 0 Å². The Labute approximate surface area is 66.8 Å². The van der Waals surface area contributed by atoms with Crippen LogP contribution in [0.2, 0.25) is 5.02 Å². The Balaban J connectivity index is 2.93. The molecule has 2 rings (SSSR count). The summed E-state index contributed by atoms with van der Waals surface area (Å²) in [6, 6.07) is 0. The van der Waals surface area contributed by atoms with E-state index < -0.39 is 0 Å². The van der Waals surface area contributed by atoms with Crippen molar-refractivity contribution in [3.8, 4) is 0 Å². The zero-order chi connectivity index (χ0) is 7.84. The van der Waals surface area contributed by atoms with Crippen LogP contribution in [-0.4, -0.2) is 19.8 Å². The number of anilines is 1. The van der Waals surface area contributed by atoms with Crippen LogP contribution in [-0.2, 0) is 0 Å². The van der Waals surface area contributed by atoms with E-state index >= 15 is 0 Å². The zero-order valence-corrected chi connectivity index (χ0v) is 6.15. The topological polar surface area (TPSA) is 69.1 Å². The Bertz CT molecular complexity index is 395. The van der Waals surface area contributed by atoms with Gasteiger partial charge in [0.25, 0.3) is 0 Å². The summed E-state index contributed by atoms with van der Waals surface area (Å²) in [6.45, 7) is 0. The molecule has 0 saturated heterocycles. The summed E-state index contributed by atoms with van der Waals surface area (Å²) < 4.78 is 1.46. The molecule has 56 valence electrons. The predicted octanol–water partition coefficient (Wildman–Crippen LogP) is 0.360. The molecule has 0 atom stereocenters. The van der Waals surface area contributed by atoms with Gasteiger partial charge in [-0.2, -0.15) is 9.61 Å². The molecule has 0 fully saturated rings. The maximum atomic E-state index is 5.78. The van der Waals surface area contributed by atoms with Crippen LogP contribution in [0.3, 0.4) is 0 Å². The number of halogens is 1. The van der Waals surface area contributed by atoms with Gasteiger partial charge < -0.3 is 5.73 Å². The van der Waals surface area contributed by atoms with Crippen molar-refractivity contribution < 1.29 is 0 Å². The van der Waals surface area contributed by atoms with E-state index in [2.05, 4.69) is 15.3 Å². The van der Waals surface area contributed by atoms with E-state index in [0.717, 1.165) is 0 Å². The minimum absolute atomic E-state index is 0.387. The molecule has 0 radical (unpaired) electrons. The minimum Gasteiger partial charge on any atom is -0.396 e. The first-order valence-corrected chi connectivity index (χ1v) is 3.27. The molecule has 5 nitrogen and oxygen atoms in total. The maximum Gasteiger partial charge on any atom is 0.198 e. The van der Waals surface area contributed by atoms with Crippen LogP contribution in [0.5, 0.6) is 0 Å². The van der Waals surface area contributed by atoms with Crippen LogP contribution >= 0.6 is 11.6 Å². The van der Waals surface area contributed by atoms with Crippen LogP contribution < -0.4 is 5.73 Å². The fraction of sp³-hybridized carbons (Fsp3) is 0. The van der Waals surface area contributed by atoms with Crippen molar-refractivity contribution in [3.05, 3.63) is 17.5 Å². The highest BCUT2D eigenvalue weighted by Gasteiger charge is 2.04. The number of aromatic nitrogens is 4. The van der Waals surface area contributed by atoms with E-state index in [4.69, 9.17) is 17.3 Å². The van der Waals surface area contributed by atoms with Crippen molar-refractivity contribution in [1.29, 1.82) is 0 Å². The van der Waals surface area contributed by atoms with Gasteiger partial charge in [-0.25, -0.2) is 0 Å². The number of hydrogen-bond acceptors (Lipinski definition) is 4. The number of nitrogens with zero attached hydrogens (tertiary/aromatic N) is 4. The van der Waals surface area contributed by atoms with Gasteiger partial charge in [-0.05, 0) is 0 Å². The summed E-state index contributed by atoms with van der Waals surface area (Å²) in [7, 11) is 0. The lowest BCUT2D eigenvalue weighted by atomic mass is 10.5. The van der Waals surface area contributed by atoms with Gasteiger partial charge in [-0.1, -0.05) is 11.6 Å². The Morgan fingerprint density at radius 3 is 3.18 bits per heavy atom. The van der Waals surface area contributed by atoms with Gasteiger partial charge in [0.15, 0.2) is 5.65 Å². The molecule has 2 heterocycles. The average Bonchev–Trinajstić information content (AvgIpc) is 2.45. The van der Waals surface area contributed by atoms with E-state index in [0.29, 0.717) is 16.4 Å². The van der Waals surface area contributed by atoms with Crippen LogP contribution in [0.25, 0.3) is 5.65 Å². The summed E-state index contributed by atoms with van der Waals surface area (Å²) in [5.74, 6) is 0. The molecule has 0 aliphatic heterocycles. The first-order valence-electron chi connectivity index (χ1n) is 2.89. The Morgan fingerprint density at radius 2 is 2.36 bits per heavy atom.